The summed E-state index contributed by atoms with van der Waals surface area (Å²) in [5.41, 5.74) is 0. The van der Waals surface area contributed by atoms with Gasteiger partial charge in [0.05, 0.1) is 6.42 Å². The highest BCUT2D eigenvalue weighted by Crippen LogP contribution is 2.14. The Kier molecular flexibility index (Phi) is 5.66. The lowest BCUT2D eigenvalue weighted by molar-refractivity contribution is -0.197. The van der Waals surface area contributed by atoms with Gasteiger partial charge in [-0.2, -0.15) is 0 Å². The molecular weight excluding hydrogens is 172 g/mol. The molecule has 2 N–H and O–H groups in total. The summed E-state index contributed by atoms with van der Waals surface area (Å²) in [6.07, 6.45) is 1.93. The molecule has 78 valence electrons. The third-order valence-electron chi connectivity index (χ3n) is 1.71. The lowest BCUT2D eigenvalue weighted by Gasteiger charge is -2.22. The van der Waals surface area contributed by atoms with Gasteiger partial charge in [-0.15, -0.1) is 0 Å². The minimum absolute atomic E-state index is 0.0703. The fourth-order valence-corrected chi connectivity index (χ4v) is 0.847. The molecule has 0 aromatic heterocycles. The minimum Gasteiger partial charge on any atom is -0.481 e. The summed E-state index contributed by atoms with van der Waals surface area (Å²) in [5, 5.41) is 17.9. The van der Waals surface area contributed by atoms with Gasteiger partial charge < -0.3 is 14.9 Å². The van der Waals surface area contributed by atoms with Crippen LogP contribution in [0, 0.1) is 0 Å². The van der Waals surface area contributed by atoms with Crippen LogP contribution in [0.5, 0.6) is 0 Å². The first kappa shape index (κ1) is 12.4. The van der Waals surface area contributed by atoms with Crippen molar-refractivity contribution >= 4 is 5.97 Å². The predicted molar refractivity (Wildman–Crippen MR) is 48.4 cm³/mol. The number of hydrogen-bond acceptors (Lipinski definition) is 3. The Hall–Kier alpha value is -0.610. The second-order valence-corrected chi connectivity index (χ2v) is 3.27. The Bertz CT molecular complexity index is 154. The predicted octanol–water partition coefficient (Wildman–Crippen LogP) is 1.38. The van der Waals surface area contributed by atoms with Crippen molar-refractivity contribution in [2.45, 2.75) is 45.3 Å². The van der Waals surface area contributed by atoms with Crippen molar-refractivity contribution in [3.8, 4) is 0 Å². The molecule has 0 aromatic carbocycles. The molecule has 0 saturated carbocycles. The second kappa shape index (κ2) is 5.94. The summed E-state index contributed by atoms with van der Waals surface area (Å²) < 4.78 is 5.11. The van der Waals surface area contributed by atoms with Gasteiger partial charge in [-0.3, -0.25) is 4.79 Å². The van der Waals surface area contributed by atoms with Gasteiger partial charge in [0.15, 0.2) is 5.79 Å². The van der Waals surface area contributed by atoms with Crippen LogP contribution in [0.25, 0.3) is 0 Å². The zero-order valence-corrected chi connectivity index (χ0v) is 8.25. The van der Waals surface area contributed by atoms with Gasteiger partial charge in [0.25, 0.3) is 0 Å². The largest absolute Gasteiger partial charge is 0.481 e. The van der Waals surface area contributed by atoms with E-state index in [1.807, 2.05) is 6.92 Å². The van der Waals surface area contributed by atoms with E-state index in [0.717, 1.165) is 12.8 Å². The van der Waals surface area contributed by atoms with Crippen molar-refractivity contribution in [3.05, 3.63) is 0 Å². The van der Waals surface area contributed by atoms with Gasteiger partial charge in [0.2, 0.25) is 0 Å². The van der Waals surface area contributed by atoms with Gasteiger partial charge in [-0.1, -0.05) is 13.3 Å². The Morgan fingerprint density at radius 2 is 2.15 bits per heavy atom. The maximum absolute atomic E-state index is 10.2. The third-order valence-corrected chi connectivity index (χ3v) is 1.71. The summed E-state index contributed by atoms with van der Waals surface area (Å²) >= 11 is 0. The molecule has 0 aromatic rings. The van der Waals surface area contributed by atoms with E-state index in [9.17, 15) is 9.90 Å². The molecule has 1 atom stereocenters. The molecule has 0 amide bonds. The highest BCUT2D eigenvalue weighted by atomic mass is 16.6. The first-order valence-electron chi connectivity index (χ1n) is 4.56. The number of hydrogen-bond donors (Lipinski definition) is 2. The van der Waals surface area contributed by atoms with Crippen molar-refractivity contribution in [3.63, 3.8) is 0 Å². The van der Waals surface area contributed by atoms with E-state index in [1.165, 1.54) is 6.92 Å². The van der Waals surface area contributed by atoms with Crippen LogP contribution in [-0.2, 0) is 9.53 Å². The average molecular weight is 190 g/mol. The molecule has 0 heterocycles. The van der Waals surface area contributed by atoms with Gasteiger partial charge in [0, 0.05) is 13.0 Å². The number of aliphatic hydroxyl groups is 1. The van der Waals surface area contributed by atoms with Crippen LogP contribution in [0.3, 0.4) is 0 Å². The molecule has 0 radical (unpaired) electrons. The molecule has 0 aliphatic carbocycles. The zero-order valence-electron chi connectivity index (χ0n) is 8.25. The van der Waals surface area contributed by atoms with Crippen LogP contribution in [0.1, 0.15) is 39.5 Å². The number of carboxylic acids is 1. The van der Waals surface area contributed by atoms with E-state index in [-0.39, 0.29) is 12.8 Å². The van der Waals surface area contributed by atoms with E-state index >= 15 is 0 Å². The lowest BCUT2D eigenvalue weighted by Crippen LogP contribution is -2.29. The van der Waals surface area contributed by atoms with Crippen LogP contribution in [-0.4, -0.2) is 28.6 Å². The van der Waals surface area contributed by atoms with Crippen LogP contribution >= 0.6 is 0 Å². The van der Waals surface area contributed by atoms with Gasteiger partial charge >= 0.3 is 5.97 Å². The molecule has 0 saturated heterocycles. The van der Waals surface area contributed by atoms with Crippen molar-refractivity contribution < 1.29 is 19.7 Å². The average Bonchev–Trinajstić information content (AvgIpc) is 2.02. The molecule has 1 unspecified atom stereocenters. The fourth-order valence-electron chi connectivity index (χ4n) is 0.847. The fraction of sp³-hybridized carbons (Fsp3) is 0.889. The Balaban J connectivity index is 3.59. The normalized spacial score (nSPS) is 15.3. The number of aliphatic carboxylic acids is 1. The number of carboxylic acid groups (broad SMARTS) is 1. The van der Waals surface area contributed by atoms with Crippen LogP contribution in [0.15, 0.2) is 0 Å². The highest BCUT2D eigenvalue weighted by Gasteiger charge is 2.21. The molecule has 0 aliphatic heterocycles. The third kappa shape index (κ3) is 7.74. The van der Waals surface area contributed by atoms with E-state index in [1.54, 1.807) is 0 Å². The van der Waals surface area contributed by atoms with E-state index in [0.29, 0.717) is 6.61 Å². The number of rotatable bonds is 7. The summed E-state index contributed by atoms with van der Waals surface area (Å²) in [5.74, 6) is -2.22. The van der Waals surface area contributed by atoms with Crippen molar-refractivity contribution in [1.29, 1.82) is 0 Å². The standard InChI is InChI=1S/C9H18O4/c1-3-4-7-13-9(2,12)6-5-8(10)11/h12H,3-7H2,1-2H3,(H,10,11). The lowest BCUT2D eigenvalue weighted by atomic mass is 10.1. The summed E-state index contributed by atoms with van der Waals surface area (Å²) in [7, 11) is 0. The SMILES string of the molecule is CCCCOC(C)(O)CCC(=O)O. The smallest absolute Gasteiger partial charge is 0.303 e. The molecule has 0 bridgehead atoms. The Morgan fingerprint density at radius 3 is 2.62 bits per heavy atom. The van der Waals surface area contributed by atoms with E-state index in [2.05, 4.69) is 0 Å². The van der Waals surface area contributed by atoms with Gasteiger partial charge in [-0.25, -0.2) is 0 Å². The number of carbonyl (C=O) groups is 1. The first-order chi connectivity index (χ1) is 5.98. The first-order valence-corrected chi connectivity index (χ1v) is 4.56. The van der Waals surface area contributed by atoms with E-state index in [4.69, 9.17) is 9.84 Å². The van der Waals surface area contributed by atoms with Crippen LogP contribution in [0.4, 0.5) is 0 Å². The van der Waals surface area contributed by atoms with Crippen molar-refractivity contribution in [1.82, 2.24) is 0 Å². The van der Waals surface area contributed by atoms with Gasteiger partial charge in [-0.05, 0) is 13.3 Å². The molecule has 0 rings (SSSR count). The second-order valence-electron chi connectivity index (χ2n) is 3.27. The maximum Gasteiger partial charge on any atom is 0.303 e. The zero-order chi connectivity index (χ0) is 10.3. The molecule has 13 heavy (non-hydrogen) atoms. The molecule has 4 heteroatoms. The molecule has 0 aliphatic rings. The molecule has 0 fully saturated rings. The highest BCUT2D eigenvalue weighted by molar-refractivity contribution is 5.66. The molecule has 0 spiro atoms. The minimum atomic E-state index is -1.30. The Morgan fingerprint density at radius 1 is 1.54 bits per heavy atom. The van der Waals surface area contributed by atoms with Crippen molar-refractivity contribution in [2.24, 2.45) is 0 Å². The summed E-state index contributed by atoms with van der Waals surface area (Å²) in [4.78, 5) is 10.2. The summed E-state index contributed by atoms with van der Waals surface area (Å²) in [6, 6.07) is 0. The summed E-state index contributed by atoms with van der Waals surface area (Å²) in [6.45, 7) is 3.99. The molecular formula is C9H18O4. The number of ether oxygens (including phenoxy) is 1. The van der Waals surface area contributed by atoms with Crippen LogP contribution in [0.2, 0.25) is 0 Å². The Labute approximate surface area is 78.5 Å². The van der Waals surface area contributed by atoms with Crippen LogP contribution < -0.4 is 0 Å². The van der Waals surface area contributed by atoms with E-state index < -0.39 is 11.8 Å². The molecule has 4 nitrogen and oxygen atoms in total. The monoisotopic (exact) mass is 190 g/mol. The maximum atomic E-state index is 10.2. The van der Waals surface area contributed by atoms with Crippen molar-refractivity contribution in [2.75, 3.05) is 6.61 Å². The number of unbranched alkanes of at least 4 members (excludes halogenated alkanes) is 1. The topological polar surface area (TPSA) is 66.8 Å². The van der Waals surface area contributed by atoms with Gasteiger partial charge in [0.1, 0.15) is 0 Å². The quantitative estimate of drug-likeness (QED) is 0.470.